The van der Waals surface area contributed by atoms with Gasteiger partial charge in [-0.15, -0.1) is 0 Å². The van der Waals surface area contributed by atoms with Gasteiger partial charge in [-0.25, -0.2) is 0 Å². The van der Waals surface area contributed by atoms with E-state index in [4.69, 9.17) is 10.2 Å². The minimum atomic E-state index is -1.02. The van der Waals surface area contributed by atoms with Gasteiger partial charge in [0.05, 0.1) is 11.8 Å². The number of aliphatic carboxylic acids is 2. The predicted octanol–water partition coefficient (Wildman–Crippen LogP) is 4.72. The summed E-state index contributed by atoms with van der Waals surface area (Å²) in [6, 6.07) is 0. The molecule has 0 aromatic rings. The number of carboxylic acid groups (broad SMARTS) is 2. The first-order valence-electron chi connectivity index (χ1n) is 8.46. The Bertz CT molecular complexity index is 289. The van der Waals surface area contributed by atoms with Crippen molar-refractivity contribution in [2.24, 2.45) is 11.8 Å². The van der Waals surface area contributed by atoms with Crippen LogP contribution in [0.2, 0.25) is 0 Å². The van der Waals surface area contributed by atoms with Crippen LogP contribution in [0.5, 0.6) is 0 Å². The maximum absolute atomic E-state index is 11.1. The van der Waals surface area contributed by atoms with Gasteiger partial charge in [0.2, 0.25) is 0 Å². The van der Waals surface area contributed by atoms with Gasteiger partial charge in [0, 0.05) is 0 Å². The maximum atomic E-state index is 11.1. The second-order valence-corrected chi connectivity index (χ2v) is 6.04. The van der Waals surface area contributed by atoms with Crippen LogP contribution in [0.25, 0.3) is 0 Å². The van der Waals surface area contributed by atoms with Gasteiger partial charge in [0.1, 0.15) is 0 Å². The van der Waals surface area contributed by atoms with E-state index in [9.17, 15) is 9.59 Å². The Morgan fingerprint density at radius 3 is 1.57 bits per heavy atom. The number of hydrogen-bond acceptors (Lipinski definition) is 2. The standard InChI is InChI=1S/C17H32O4/c1-3-4-5-6-7-8-9-10-11-12-13-15(17(20)21)14(2)16(18)19/h14-15H,3-13H2,1-2H3,(H,18,19)(H,20,21). The van der Waals surface area contributed by atoms with E-state index in [1.54, 1.807) is 0 Å². The molecule has 0 saturated carbocycles. The summed E-state index contributed by atoms with van der Waals surface area (Å²) in [5.74, 6) is -3.56. The smallest absolute Gasteiger partial charge is 0.307 e. The van der Waals surface area contributed by atoms with Crippen LogP contribution in [0.1, 0.15) is 84.5 Å². The van der Waals surface area contributed by atoms with Gasteiger partial charge in [-0.05, 0) is 6.42 Å². The fourth-order valence-corrected chi connectivity index (χ4v) is 2.61. The third-order valence-corrected chi connectivity index (χ3v) is 4.18. The average molecular weight is 300 g/mol. The van der Waals surface area contributed by atoms with Gasteiger partial charge in [-0.2, -0.15) is 0 Å². The Labute approximate surface area is 128 Å². The SMILES string of the molecule is CCCCCCCCCCCCC(C(=O)O)C(C)C(=O)O. The molecule has 0 rings (SSSR count). The van der Waals surface area contributed by atoms with Gasteiger partial charge in [-0.1, -0.05) is 78.1 Å². The molecule has 0 aliphatic carbocycles. The molecule has 21 heavy (non-hydrogen) atoms. The summed E-state index contributed by atoms with van der Waals surface area (Å²) >= 11 is 0. The summed E-state index contributed by atoms with van der Waals surface area (Å²) in [6.07, 6.45) is 12.5. The lowest BCUT2D eigenvalue weighted by Crippen LogP contribution is -2.27. The van der Waals surface area contributed by atoms with Crippen molar-refractivity contribution in [2.75, 3.05) is 0 Å². The molecule has 0 aromatic heterocycles. The third kappa shape index (κ3) is 10.3. The summed E-state index contributed by atoms with van der Waals surface area (Å²) in [5.41, 5.74) is 0. The van der Waals surface area contributed by atoms with Crippen molar-refractivity contribution in [1.82, 2.24) is 0 Å². The lowest BCUT2D eigenvalue weighted by Gasteiger charge is -2.16. The van der Waals surface area contributed by atoms with Gasteiger partial charge >= 0.3 is 11.9 Å². The highest BCUT2D eigenvalue weighted by atomic mass is 16.4. The van der Waals surface area contributed by atoms with Crippen LogP contribution in [0.4, 0.5) is 0 Å². The number of carbonyl (C=O) groups is 2. The zero-order chi connectivity index (χ0) is 16.1. The molecule has 0 aromatic carbocycles. The molecule has 0 spiro atoms. The fourth-order valence-electron chi connectivity index (χ4n) is 2.61. The second kappa shape index (κ2) is 12.7. The summed E-state index contributed by atoms with van der Waals surface area (Å²) in [7, 11) is 0. The molecule has 2 N–H and O–H groups in total. The first kappa shape index (κ1) is 19.9. The van der Waals surface area contributed by atoms with Crippen LogP contribution in [0, 0.1) is 11.8 Å². The number of rotatable bonds is 14. The van der Waals surface area contributed by atoms with Crippen LogP contribution in [0.15, 0.2) is 0 Å². The first-order chi connectivity index (χ1) is 10.0. The monoisotopic (exact) mass is 300 g/mol. The lowest BCUT2D eigenvalue weighted by molar-refractivity contribution is -0.153. The van der Waals surface area contributed by atoms with Gasteiger partial charge in [-0.3, -0.25) is 9.59 Å². The van der Waals surface area contributed by atoms with Crippen molar-refractivity contribution in [1.29, 1.82) is 0 Å². The quantitative estimate of drug-likeness (QED) is 0.455. The average Bonchev–Trinajstić information content (AvgIpc) is 2.43. The van der Waals surface area contributed by atoms with Crippen molar-refractivity contribution in [2.45, 2.75) is 84.5 Å². The van der Waals surface area contributed by atoms with Crippen LogP contribution >= 0.6 is 0 Å². The van der Waals surface area contributed by atoms with E-state index in [0.29, 0.717) is 6.42 Å². The van der Waals surface area contributed by atoms with Crippen LogP contribution < -0.4 is 0 Å². The van der Waals surface area contributed by atoms with E-state index >= 15 is 0 Å². The molecule has 0 radical (unpaired) electrons. The Morgan fingerprint density at radius 1 is 0.762 bits per heavy atom. The highest BCUT2D eigenvalue weighted by Gasteiger charge is 2.29. The molecule has 0 saturated heterocycles. The Balaban J connectivity index is 3.59. The van der Waals surface area contributed by atoms with E-state index in [1.165, 1.54) is 51.9 Å². The van der Waals surface area contributed by atoms with Gasteiger partial charge in [0.15, 0.2) is 0 Å². The summed E-state index contributed by atoms with van der Waals surface area (Å²) in [6.45, 7) is 3.70. The fraction of sp³-hybridized carbons (Fsp3) is 0.882. The normalized spacial score (nSPS) is 13.8. The van der Waals surface area contributed by atoms with E-state index in [-0.39, 0.29) is 0 Å². The van der Waals surface area contributed by atoms with E-state index < -0.39 is 23.8 Å². The second-order valence-electron chi connectivity index (χ2n) is 6.04. The number of carboxylic acids is 2. The Kier molecular flexibility index (Phi) is 12.0. The van der Waals surface area contributed by atoms with E-state index in [0.717, 1.165) is 19.3 Å². The summed E-state index contributed by atoms with van der Waals surface area (Å²) < 4.78 is 0. The van der Waals surface area contributed by atoms with E-state index in [1.807, 2.05) is 0 Å². The van der Waals surface area contributed by atoms with Crippen molar-refractivity contribution in [3.8, 4) is 0 Å². The molecule has 0 amide bonds. The zero-order valence-electron chi connectivity index (χ0n) is 13.6. The molecule has 0 heterocycles. The van der Waals surface area contributed by atoms with Gasteiger partial charge < -0.3 is 10.2 Å². The lowest BCUT2D eigenvalue weighted by atomic mass is 9.89. The van der Waals surface area contributed by atoms with Gasteiger partial charge in [0.25, 0.3) is 0 Å². The zero-order valence-corrected chi connectivity index (χ0v) is 13.6. The topological polar surface area (TPSA) is 74.6 Å². The molecule has 0 fully saturated rings. The molecule has 4 nitrogen and oxygen atoms in total. The highest BCUT2D eigenvalue weighted by molar-refractivity contribution is 5.79. The van der Waals surface area contributed by atoms with Crippen molar-refractivity contribution < 1.29 is 19.8 Å². The number of hydrogen-bond donors (Lipinski definition) is 2. The maximum Gasteiger partial charge on any atom is 0.307 e. The van der Waals surface area contributed by atoms with Crippen molar-refractivity contribution >= 4 is 11.9 Å². The third-order valence-electron chi connectivity index (χ3n) is 4.18. The molecule has 2 unspecified atom stereocenters. The summed E-state index contributed by atoms with van der Waals surface area (Å²) in [4.78, 5) is 21.9. The largest absolute Gasteiger partial charge is 0.481 e. The molecule has 0 aliphatic rings. The Morgan fingerprint density at radius 2 is 1.19 bits per heavy atom. The minimum Gasteiger partial charge on any atom is -0.481 e. The molecule has 124 valence electrons. The molecule has 4 heteroatoms. The first-order valence-corrected chi connectivity index (χ1v) is 8.46. The van der Waals surface area contributed by atoms with Crippen LogP contribution in [-0.4, -0.2) is 22.2 Å². The van der Waals surface area contributed by atoms with Crippen LogP contribution in [0.3, 0.4) is 0 Å². The van der Waals surface area contributed by atoms with Crippen molar-refractivity contribution in [3.05, 3.63) is 0 Å². The van der Waals surface area contributed by atoms with Crippen LogP contribution in [-0.2, 0) is 9.59 Å². The molecular formula is C17H32O4. The molecule has 0 aliphatic heterocycles. The molecule has 2 atom stereocenters. The summed E-state index contributed by atoms with van der Waals surface area (Å²) in [5, 5.41) is 18.0. The van der Waals surface area contributed by atoms with E-state index in [2.05, 4.69) is 6.92 Å². The molecule has 0 bridgehead atoms. The minimum absolute atomic E-state index is 0.472. The van der Waals surface area contributed by atoms with Crippen molar-refractivity contribution in [3.63, 3.8) is 0 Å². The Hall–Kier alpha value is -1.06. The highest BCUT2D eigenvalue weighted by Crippen LogP contribution is 2.20. The predicted molar refractivity (Wildman–Crippen MR) is 84.4 cm³/mol. The number of unbranched alkanes of at least 4 members (excludes halogenated alkanes) is 9. The molecular weight excluding hydrogens is 268 g/mol.